The fourth-order valence-corrected chi connectivity index (χ4v) is 15.4. The lowest BCUT2D eigenvalue weighted by molar-refractivity contribution is -0.161. The molecule has 0 heterocycles. The van der Waals surface area contributed by atoms with E-state index in [1.807, 2.05) is 0 Å². The van der Waals surface area contributed by atoms with E-state index in [0.29, 0.717) is 52.1 Å². The molecule has 20 nitrogen and oxygen atoms in total. The average Bonchev–Trinajstić information content (AvgIpc) is 0.922. The number of ether oxygens (including phenoxy) is 8. The Kier molecular flexibility index (Phi) is 82.0. The number of carbonyl (C=O) groups excluding carboxylic acids is 4. The molecule has 24 heteroatoms. The standard InChI is InChI=1S/C82H160O20P2S2/c1-5-9-13-17-21-25-29-33-37-41-45-49-53-57-79(83)95-73-77(101-81(85)59-55-51-47-43-39-35-31-27-23-19-15-11-7-3)75-99-103(87,88)97-67-65-91-61-63-93-69-71-105-106-72-70-94-64-62-92-66-68-98-104(89,90)100-76-78(102-82(86)60-56-52-48-44-40-36-32-28-24-20-16-12-8-4)74-96-80(84)58-54-50-46-42-38-34-30-26-22-18-14-10-6-2/h77-78H,5-76H2,1-4H3,(H,87,88)(H,89,90)/t77-,78-/m1/s1. The Morgan fingerprint density at radius 3 is 0.689 bits per heavy atom. The minimum absolute atomic E-state index is 0.0114. The first-order chi connectivity index (χ1) is 51.8. The number of hydrogen-bond acceptors (Lipinski definition) is 20. The van der Waals surface area contributed by atoms with Crippen molar-refractivity contribution in [3.8, 4) is 0 Å². The van der Waals surface area contributed by atoms with Crippen LogP contribution >= 0.6 is 37.2 Å². The molecule has 0 fully saturated rings. The zero-order chi connectivity index (χ0) is 77.3. The molecule has 4 atom stereocenters. The van der Waals surface area contributed by atoms with Gasteiger partial charge in [0.1, 0.15) is 13.2 Å². The summed E-state index contributed by atoms with van der Waals surface area (Å²) in [5.74, 6) is -0.311. The minimum atomic E-state index is -4.56. The molecular weight excluding hydrogens is 1430 g/mol. The van der Waals surface area contributed by atoms with Crippen LogP contribution in [0.25, 0.3) is 0 Å². The van der Waals surface area contributed by atoms with E-state index in [2.05, 4.69) is 27.7 Å². The summed E-state index contributed by atoms with van der Waals surface area (Å²) < 4.78 is 90.9. The molecule has 0 aliphatic rings. The molecule has 0 aromatic heterocycles. The van der Waals surface area contributed by atoms with Crippen molar-refractivity contribution >= 4 is 61.1 Å². The summed E-state index contributed by atoms with van der Waals surface area (Å²) in [5, 5.41) is 0. The molecule has 630 valence electrons. The first kappa shape index (κ1) is 105. The van der Waals surface area contributed by atoms with Crippen molar-refractivity contribution in [2.24, 2.45) is 0 Å². The second-order valence-corrected chi connectivity index (χ2v) is 34.5. The van der Waals surface area contributed by atoms with Crippen LogP contribution in [0, 0.1) is 0 Å². The molecule has 0 amide bonds. The van der Waals surface area contributed by atoms with E-state index in [1.54, 1.807) is 21.6 Å². The Labute approximate surface area is 655 Å². The number of phosphoric ester groups is 2. The van der Waals surface area contributed by atoms with Crippen LogP contribution in [0.5, 0.6) is 0 Å². The zero-order valence-corrected chi connectivity index (χ0v) is 71.4. The van der Waals surface area contributed by atoms with Crippen molar-refractivity contribution in [1.82, 2.24) is 0 Å². The van der Waals surface area contributed by atoms with Gasteiger partial charge < -0.3 is 47.7 Å². The summed E-state index contributed by atoms with van der Waals surface area (Å²) in [5.41, 5.74) is 0. The Morgan fingerprint density at radius 1 is 0.255 bits per heavy atom. The normalized spacial score (nSPS) is 13.4. The van der Waals surface area contributed by atoms with Gasteiger partial charge in [0.15, 0.2) is 12.2 Å². The maximum atomic E-state index is 12.9. The Hall–Kier alpha value is -1.36. The van der Waals surface area contributed by atoms with Crippen molar-refractivity contribution in [1.29, 1.82) is 0 Å². The van der Waals surface area contributed by atoms with Crippen molar-refractivity contribution in [2.75, 3.05) is 104 Å². The summed E-state index contributed by atoms with van der Waals surface area (Å²) >= 11 is 0. The smallest absolute Gasteiger partial charge is 0.462 e. The lowest BCUT2D eigenvalue weighted by atomic mass is 10.0. The van der Waals surface area contributed by atoms with Crippen LogP contribution in [0.15, 0.2) is 0 Å². The monoisotopic (exact) mass is 1590 g/mol. The molecule has 0 radical (unpaired) electrons. The summed E-state index contributed by atoms with van der Waals surface area (Å²) in [7, 11) is -5.85. The van der Waals surface area contributed by atoms with Gasteiger partial charge in [-0.05, 0) is 25.7 Å². The molecule has 0 bridgehead atoms. The van der Waals surface area contributed by atoms with Crippen molar-refractivity contribution in [3.05, 3.63) is 0 Å². The molecule has 0 rings (SSSR count). The molecule has 2 unspecified atom stereocenters. The maximum Gasteiger partial charge on any atom is 0.472 e. The third-order valence-electron chi connectivity index (χ3n) is 18.7. The van der Waals surface area contributed by atoms with Gasteiger partial charge >= 0.3 is 39.5 Å². The van der Waals surface area contributed by atoms with Gasteiger partial charge in [-0.1, -0.05) is 357 Å². The van der Waals surface area contributed by atoms with Crippen LogP contribution in [-0.2, 0) is 84.3 Å². The molecule has 0 aliphatic heterocycles. The molecule has 0 saturated heterocycles. The SMILES string of the molecule is CCCCCCCCCCCCCCCC(=O)OC[C@H](COP(=O)(O)OCCOCCOCCSSCCOCCOCCOP(=O)(O)OC[C@@H](COC(=O)CCCCCCCCCCCCCCC)OC(=O)CCCCCCCCCCCCCCC)OC(=O)CCCCCCCCCCCCCCC. The average molecular weight is 1590 g/mol. The highest BCUT2D eigenvalue weighted by Crippen LogP contribution is 2.44. The van der Waals surface area contributed by atoms with Crippen LogP contribution in [0.3, 0.4) is 0 Å². The van der Waals surface area contributed by atoms with Crippen molar-refractivity contribution in [2.45, 2.75) is 399 Å². The Bertz CT molecular complexity index is 1870. The molecule has 2 N–H and O–H groups in total. The first-order valence-electron chi connectivity index (χ1n) is 43.3. The Balaban J connectivity index is 4.52. The fraction of sp³-hybridized carbons (Fsp3) is 0.951. The number of unbranched alkanes of at least 4 members (excludes halogenated alkanes) is 48. The molecule has 0 saturated carbocycles. The number of phosphoric acid groups is 2. The highest BCUT2D eigenvalue weighted by atomic mass is 33.1. The van der Waals surface area contributed by atoms with E-state index in [9.17, 15) is 38.1 Å². The summed E-state index contributed by atoms with van der Waals surface area (Å²) in [6.07, 6.45) is 60.7. The fourth-order valence-electron chi connectivity index (χ4n) is 12.2. The predicted molar refractivity (Wildman–Crippen MR) is 435 cm³/mol. The van der Waals surface area contributed by atoms with Gasteiger partial charge in [-0.2, -0.15) is 0 Å². The molecular formula is C82H160O20P2S2. The second kappa shape index (κ2) is 83.1. The number of rotatable bonds is 89. The zero-order valence-electron chi connectivity index (χ0n) is 68.0. The highest BCUT2D eigenvalue weighted by molar-refractivity contribution is 8.76. The van der Waals surface area contributed by atoms with E-state index in [4.69, 9.17) is 56.0 Å². The minimum Gasteiger partial charge on any atom is -0.462 e. The van der Waals surface area contributed by atoms with Gasteiger partial charge in [0.05, 0.1) is 79.3 Å². The van der Waals surface area contributed by atoms with Gasteiger partial charge in [-0.3, -0.25) is 37.3 Å². The molecule has 0 aromatic rings. The molecule has 0 spiro atoms. The van der Waals surface area contributed by atoms with Gasteiger partial charge in [0.2, 0.25) is 0 Å². The van der Waals surface area contributed by atoms with E-state index in [-0.39, 0.29) is 78.5 Å². The summed E-state index contributed by atoms with van der Waals surface area (Å²) in [6.45, 7) is 9.07. The van der Waals surface area contributed by atoms with Crippen molar-refractivity contribution < 1.29 is 94.1 Å². The quantitative estimate of drug-likeness (QED) is 0.0189. The predicted octanol–water partition coefficient (Wildman–Crippen LogP) is 23.5. The van der Waals surface area contributed by atoms with E-state index >= 15 is 0 Å². The summed E-state index contributed by atoms with van der Waals surface area (Å²) in [4.78, 5) is 72.1. The van der Waals surface area contributed by atoms with Crippen LogP contribution in [-0.4, -0.2) is 150 Å². The van der Waals surface area contributed by atoms with E-state index in [0.717, 1.165) is 88.6 Å². The van der Waals surface area contributed by atoms with E-state index < -0.39 is 64.9 Å². The van der Waals surface area contributed by atoms with Crippen LogP contribution in [0.4, 0.5) is 0 Å². The van der Waals surface area contributed by atoms with Gasteiger partial charge in [0, 0.05) is 37.2 Å². The molecule has 0 aromatic carbocycles. The van der Waals surface area contributed by atoms with Crippen LogP contribution in [0.2, 0.25) is 0 Å². The Morgan fingerprint density at radius 2 is 0.453 bits per heavy atom. The lowest BCUT2D eigenvalue weighted by Gasteiger charge is -2.20. The van der Waals surface area contributed by atoms with Gasteiger partial charge in [0.25, 0.3) is 0 Å². The molecule has 0 aliphatic carbocycles. The topological polar surface area (TPSA) is 254 Å². The molecule has 106 heavy (non-hydrogen) atoms. The number of esters is 4. The maximum absolute atomic E-state index is 12.9. The van der Waals surface area contributed by atoms with Crippen molar-refractivity contribution in [3.63, 3.8) is 0 Å². The van der Waals surface area contributed by atoms with Crippen LogP contribution in [0.1, 0.15) is 387 Å². The number of hydrogen-bond donors (Lipinski definition) is 2. The first-order valence-corrected chi connectivity index (χ1v) is 48.7. The third kappa shape index (κ3) is 82.1. The third-order valence-corrected chi connectivity index (χ3v) is 23.0. The summed E-state index contributed by atoms with van der Waals surface area (Å²) in [6, 6.07) is 0. The van der Waals surface area contributed by atoms with Crippen LogP contribution < -0.4 is 0 Å². The lowest BCUT2D eigenvalue weighted by Crippen LogP contribution is -2.29. The van der Waals surface area contributed by atoms with Gasteiger partial charge in [-0.25, -0.2) is 9.13 Å². The highest BCUT2D eigenvalue weighted by Gasteiger charge is 2.28. The van der Waals surface area contributed by atoms with Gasteiger partial charge in [-0.15, -0.1) is 0 Å². The second-order valence-electron chi connectivity index (χ2n) is 28.8. The largest absolute Gasteiger partial charge is 0.472 e. The number of carbonyl (C=O) groups is 4. The van der Waals surface area contributed by atoms with E-state index in [1.165, 1.54) is 231 Å².